The first-order valence-electron chi connectivity index (χ1n) is 15.6. The molecule has 0 unspecified atom stereocenters. The van der Waals surface area contributed by atoms with Crippen LogP contribution in [0.5, 0.6) is 17.2 Å². The molecule has 48 heavy (non-hydrogen) atoms. The number of allylic oxidation sites excluding steroid dienone is 2. The summed E-state index contributed by atoms with van der Waals surface area (Å²) in [7, 11) is 1.42. The molecule has 1 fully saturated rings. The van der Waals surface area contributed by atoms with Gasteiger partial charge >= 0.3 is 11.7 Å². The summed E-state index contributed by atoms with van der Waals surface area (Å²) in [4.78, 5) is 39.0. The van der Waals surface area contributed by atoms with Crippen molar-refractivity contribution in [3.63, 3.8) is 0 Å². The molecule has 1 aromatic heterocycles. The number of aryl methyl sites for hydroxylation is 1. The van der Waals surface area contributed by atoms with Crippen molar-refractivity contribution in [1.82, 2.24) is 5.32 Å². The summed E-state index contributed by atoms with van der Waals surface area (Å²) >= 11 is 0. The maximum Gasteiger partial charge on any atom is 0.408 e. The molecule has 12 heteroatoms. The fourth-order valence-electron chi connectivity index (χ4n) is 5.58. The molecular weight excluding hydrogens is 622 g/mol. The van der Waals surface area contributed by atoms with E-state index < -0.39 is 65.4 Å². The first kappa shape index (κ1) is 36.4. The van der Waals surface area contributed by atoms with Crippen molar-refractivity contribution in [2.75, 3.05) is 7.11 Å². The molecule has 0 bridgehead atoms. The number of methoxy groups -OCH3 is 1. The number of hydrogen-bond donors (Lipinski definition) is 4. The number of phenolic OH excluding ortho intramolecular Hbond substituents is 1. The lowest BCUT2D eigenvalue weighted by Gasteiger charge is -2.47. The van der Waals surface area contributed by atoms with Crippen molar-refractivity contribution in [3.05, 3.63) is 74.7 Å². The number of amides is 1. The maximum absolute atomic E-state index is 13.2. The number of phenols is 1. The molecule has 2 aromatic carbocycles. The number of Topliss-reactive ketones (excluding diaryl/α,β-unsaturated/α-hetero) is 1. The van der Waals surface area contributed by atoms with Crippen molar-refractivity contribution in [1.29, 1.82) is 0 Å². The van der Waals surface area contributed by atoms with Crippen LogP contribution in [0.2, 0.25) is 0 Å². The van der Waals surface area contributed by atoms with Crippen molar-refractivity contribution in [2.45, 2.75) is 104 Å². The summed E-state index contributed by atoms with van der Waals surface area (Å²) in [6.07, 6.45) is -3.69. The van der Waals surface area contributed by atoms with Gasteiger partial charge in [-0.15, -0.1) is 0 Å². The van der Waals surface area contributed by atoms with Crippen molar-refractivity contribution in [2.24, 2.45) is 0 Å². The number of aliphatic hydroxyl groups is 1. The van der Waals surface area contributed by atoms with Gasteiger partial charge in [-0.1, -0.05) is 11.6 Å². The number of benzene rings is 2. The van der Waals surface area contributed by atoms with E-state index in [0.717, 1.165) is 5.57 Å². The third-order valence-electron chi connectivity index (χ3n) is 8.04. The molecule has 4 rings (SSSR count). The number of carbonyl (C=O) groups is 2. The van der Waals surface area contributed by atoms with Gasteiger partial charge in [0.2, 0.25) is 6.29 Å². The summed E-state index contributed by atoms with van der Waals surface area (Å²) in [5.41, 5.74) is -0.593. The Labute approximate surface area is 279 Å². The number of carbonyl (C=O) groups excluding carboxylic acids is 2. The third kappa shape index (κ3) is 8.00. The average Bonchev–Trinajstić information content (AvgIpc) is 2.97. The Morgan fingerprint density at radius 3 is 2.42 bits per heavy atom. The molecule has 260 valence electrons. The van der Waals surface area contributed by atoms with Gasteiger partial charge in [0.1, 0.15) is 28.9 Å². The second-order valence-corrected chi connectivity index (χ2v) is 13.8. The maximum atomic E-state index is 13.2. The van der Waals surface area contributed by atoms with E-state index >= 15 is 0 Å². The van der Waals surface area contributed by atoms with Crippen LogP contribution in [-0.4, -0.2) is 70.0 Å². The molecule has 1 saturated heterocycles. The molecular formula is C36H45NO11. The highest BCUT2D eigenvalue weighted by Gasteiger charge is 2.53. The Bertz CT molecular complexity index is 1780. The summed E-state index contributed by atoms with van der Waals surface area (Å²) < 4.78 is 28.9. The lowest BCUT2D eigenvalue weighted by Crippen LogP contribution is -2.65. The topological polar surface area (TPSA) is 174 Å². The second-order valence-electron chi connectivity index (χ2n) is 13.8. The summed E-state index contributed by atoms with van der Waals surface area (Å²) in [5.74, 6) is -0.645. The minimum Gasteiger partial charge on any atom is -0.508 e. The monoisotopic (exact) mass is 667 g/mol. The standard InChI is InChI=1S/C36H45NO11/c1-18(2)10-11-20-16-21(12-14-24(20)38)25(39)17-23-27(40)22-13-15-26(19(3)29(22)46-32(23)42)45-33-28(41)30(31(44-9)36(7,8)48-33)47-34(43)37-35(4,5)6/h10,12-16,28,30-31,33,38,40-41H,11,17H2,1-9H3,(H,37,43)/t28-,30+,31-,33-/m1/s1. The van der Waals surface area contributed by atoms with E-state index in [9.17, 15) is 29.7 Å². The highest BCUT2D eigenvalue weighted by molar-refractivity contribution is 5.99. The molecule has 1 amide bonds. The number of alkyl carbamates (subject to hydrolysis) is 1. The smallest absolute Gasteiger partial charge is 0.408 e. The SMILES string of the molecule is CO[C@@H]1[C@@H](OC(=O)NC(C)(C)C)[C@@H](O)[C@H](Oc2ccc3c(O)c(CC(=O)c4ccc(O)c(CC=C(C)C)c4)c(=O)oc3c2C)OC1(C)C. The van der Waals surface area contributed by atoms with E-state index in [1.54, 1.807) is 47.6 Å². The number of ketones is 1. The summed E-state index contributed by atoms with van der Waals surface area (Å²) in [6, 6.07) is 7.42. The molecule has 4 atom stereocenters. The molecule has 0 saturated carbocycles. The van der Waals surface area contributed by atoms with Crippen LogP contribution in [0.15, 0.2) is 51.2 Å². The Morgan fingerprint density at radius 1 is 1.10 bits per heavy atom. The highest BCUT2D eigenvalue weighted by Crippen LogP contribution is 2.38. The fourth-order valence-corrected chi connectivity index (χ4v) is 5.58. The van der Waals surface area contributed by atoms with E-state index in [1.807, 2.05) is 19.9 Å². The van der Waals surface area contributed by atoms with Crippen LogP contribution < -0.4 is 15.7 Å². The van der Waals surface area contributed by atoms with Crippen LogP contribution in [0.3, 0.4) is 0 Å². The lowest BCUT2D eigenvalue weighted by molar-refractivity contribution is -0.305. The highest BCUT2D eigenvalue weighted by atomic mass is 16.7. The van der Waals surface area contributed by atoms with Crippen LogP contribution in [0.1, 0.15) is 75.5 Å². The zero-order chi connectivity index (χ0) is 35.7. The van der Waals surface area contributed by atoms with Crippen molar-refractivity contribution < 1.29 is 48.3 Å². The molecule has 3 aromatic rings. The fraction of sp³-hybridized carbons (Fsp3) is 0.472. The van der Waals surface area contributed by atoms with Gasteiger partial charge in [0.25, 0.3) is 0 Å². The number of ether oxygens (including phenoxy) is 4. The zero-order valence-corrected chi connectivity index (χ0v) is 28.8. The molecule has 0 radical (unpaired) electrons. The Morgan fingerprint density at radius 2 is 1.79 bits per heavy atom. The van der Waals surface area contributed by atoms with Crippen molar-refractivity contribution in [3.8, 4) is 17.2 Å². The van der Waals surface area contributed by atoms with Gasteiger partial charge in [-0.2, -0.15) is 0 Å². The molecule has 1 aliphatic heterocycles. The van der Waals surface area contributed by atoms with E-state index in [2.05, 4.69) is 5.32 Å². The Balaban J connectivity index is 1.61. The number of nitrogens with one attached hydrogen (secondary N) is 1. The molecule has 1 aliphatic rings. The number of hydrogen-bond acceptors (Lipinski definition) is 11. The van der Waals surface area contributed by atoms with Gasteiger partial charge < -0.3 is 44.0 Å². The van der Waals surface area contributed by atoms with E-state index in [0.29, 0.717) is 17.5 Å². The predicted molar refractivity (Wildman–Crippen MR) is 178 cm³/mol. The molecule has 0 aliphatic carbocycles. The van der Waals surface area contributed by atoms with E-state index in [4.69, 9.17) is 23.4 Å². The lowest BCUT2D eigenvalue weighted by atomic mass is 9.89. The minimum absolute atomic E-state index is 0.0107. The Kier molecular flexibility index (Phi) is 10.6. The third-order valence-corrected chi connectivity index (χ3v) is 8.04. The summed E-state index contributed by atoms with van der Waals surface area (Å²) in [6.45, 7) is 14.2. The van der Waals surface area contributed by atoms with E-state index in [1.165, 1.54) is 31.4 Å². The summed E-state index contributed by atoms with van der Waals surface area (Å²) in [5, 5.41) is 35.5. The largest absolute Gasteiger partial charge is 0.508 e. The number of aromatic hydroxyl groups is 2. The quantitative estimate of drug-likeness (QED) is 0.134. The first-order valence-corrected chi connectivity index (χ1v) is 15.6. The number of rotatable bonds is 9. The first-order chi connectivity index (χ1) is 22.3. The number of fused-ring (bicyclic) bond motifs is 1. The van der Waals surface area contributed by atoms with Gasteiger partial charge in [-0.25, -0.2) is 9.59 Å². The van der Waals surface area contributed by atoms with Gasteiger partial charge in [0.15, 0.2) is 18.0 Å². The van der Waals surface area contributed by atoms with Gasteiger partial charge in [-0.3, -0.25) is 4.79 Å². The Hall–Kier alpha value is -4.39. The van der Waals surface area contributed by atoms with Gasteiger partial charge in [-0.05, 0) is 97.7 Å². The molecule has 12 nitrogen and oxygen atoms in total. The van der Waals surface area contributed by atoms with Gasteiger partial charge in [0, 0.05) is 30.2 Å². The predicted octanol–water partition coefficient (Wildman–Crippen LogP) is 5.23. The van der Waals surface area contributed by atoms with Crippen LogP contribution in [0, 0.1) is 6.92 Å². The molecule has 4 N–H and O–H groups in total. The van der Waals surface area contributed by atoms with Crippen LogP contribution in [0.25, 0.3) is 11.0 Å². The normalized spacial score (nSPS) is 20.6. The second kappa shape index (κ2) is 14.0. The number of aliphatic hydroxyl groups excluding tert-OH is 1. The molecule has 2 heterocycles. The van der Waals surface area contributed by atoms with E-state index in [-0.39, 0.29) is 33.6 Å². The van der Waals surface area contributed by atoms with Crippen LogP contribution in [0.4, 0.5) is 4.79 Å². The average molecular weight is 668 g/mol. The minimum atomic E-state index is -1.49. The van der Waals surface area contributed by atoms with Gasteiger partial charge in [0.05, 0.1) is 16.6 Å². The van der Waals surface area contributed by atoms with Crippen molar-refractivity contribution >= 4 is 22.8 Å². The van der Waals surface area contributed by atoms with Crippen LogP contribution in [-0.2, 0) is 27.1 Å². The van der Waals surface area contributed by atoms with Crippen LogP contribution >= 0.6 is 0 Å². The molecule has 0 spiro atoms. The zero-order valence-electron chi connectivity index (χ0n) is 28.8.